The van der Waals surface area contributed by atoms with Gasteiger partial charge in [-0.3, -0.25) is 9.59 Å². The summed E-state index contributed by atoms with van der Waals surface area (Å²) in [7, 11) is 2.20. The number of piperidine rings is 1. The molecule has 1 saturated carbocycles. The molecule has 0 N–H and O–H groups in total. The first-order valence-electron chi connectivity index (χ1n) is 7.96. The van der Waals surface area contributed by atoms with Crippen LogP contribution in [0.25, 0.3) is 0 Å². The molecule has 2 saturated heterocycles. The molecule has 2 bridgehead atoms. The summed E-state index contributed by atoms with van der Waals surface area (Å²) < 4.78 is 0.861. The lowest BCUT2D eigenvalue weighted by atomic mass is 9.85. The van der Waals surface area contributed by atoms with E-state index in [0.29, 0.717) is 18.5 Å². The van der Waals surface area contributed by atoms with Crippen molar-refractivity contribution >= 4 is 11.8 Å². The number of fused-ring (bicyclic) bond motifs is 5. The quantitative estimate of drug-likeness (QED) is 0.434. The van der Waals surface area contributed by atoms with Crippen LogP contribution < -0.4 is 0 Å². The minimum atomic E-state index is -0.0334. The number of amides is 2. The van der Waals surface area contributed by atoms with Crippen molar-refractivity contribution in [2.24, 2.45) is 23.7 Å². The Labute approximate surface area is 120 Å². The van der Waals surface area contributed by atoms with Crippen molar-refractivity contribution in [1.82, 2.24) is 4.90 Å². The molecule has 4 heteroatoms. The van der Waals surface area contributed by atoms with Gasteiger partial charge in [-0.05, 0) is 37.5 Å². The van der Waals surface area contributed by atoms with Crippen molar-refractivity contribution in [3.05, 3.63) is 12.2 Å². The Morgan fingerprint density at radius 1 is 1.05 bits per heavy atom. The third kappa shape index (κ3) is 1.63. The molecule has 4 atom stereocenters. The van der Waals surface area contributed by atoms with Crippen molar-refractivity contribution < 1.29 is 14.1 Å². The molecule has 2 heterocycles. The van der Waals surface area contributed by atoms with Gasteiger partial charge in [-0.15, -0.1) is 0 Å². The molecule has 4 rings (SSSR count). The molecular formula is C16H23N2O2+. The lowest BCUT2D eigenvalue weighted by molar-refractivity contribution is -0.920. The van der Waals surface area contributed by atoms with Gasteiger partial charge in [0.1, 0.15) is 0 Å². The van der Waals surface area contributed by atoms with Crippen molar-refractivity contribution in [1.29, 1.82) is 0 Å². The monoisotopic (exact) mass is 275 g/mol. The first kappa shape index (κ1) is 12.6. The third-order valence-electron chi connectivity index (χ3n) is 5.94. The Bertz CT molecular complexity index is 463. The van der Waals surface area contributed by atoms with Crippen LogP contribution in [0.15, 0.2) is 12.2 Å². The largest absolute Gasteiger partial charge is 0.309 e. The Morgan fingerprint density at radius 3 is 2.15 bits per heavy atom. The van der Waals surface area contributed by atoms with Crippen LogP contribution in [0.4, 0.5) is 0 Å². The van der Waals surface area contributed by atoms with Gasteiger partial charge in [-0.25, -0.2) is 4.90 Å². The van der Waals surface area contributed by atoms with Gasteiger partial charge in [-0.2, -0.15) is 0 Å². The van der Waals surface area contributed by atoms with Crippen molar-refractivity contribution in [2.45, 2.75) is 25.7 Å². The standard InChI is InChI=1S/C16H23N2O2/c1-18(7-3-2-4-8-18)10-17-15(19)13-11-5-6-12(9-11)14(13)16(17)20/h5-6,11-14H,2-4,7-10H2,1H3/q+1/t11-,12+,13-,14+. The fourth-order valence-electron chi connectivity index (χ4n) is 4.86. The maximum absolute atomic E-state index is 12.7. The summed E-state index contributed by atoms with van der Waals surface area (Å²) in [4.78, 5) is 26.9. The SMILES string of the molecule is C[N+]1(CN2C(=O)[C@@H]3[C@H](C2=O)[C@@H]2C=C[C@H]3C2)CCCCC1. The number of carbonyl (C=O) groups is 2. The van der Waals surface area contributed by atoms with Gasteiger partial charge in [0.25, 0.3) is 0 Å². The smallest absolute Gasteiger partial charge is 0.238 e. The molecular weight excluding hydrogens is 252 g/mol. The Hall–Kier alpha value is -1.16. The van der Waals surface area contributed by atoms with E-state index in [-0.39, 0.29) is 23.7 Å². The minimum absolute atomic E-state index is 0.0334. The molecule has 2 amide bonds. The van der Waals surface area contributed by atoms with Crippen LogP contribution in [0.3, 0.4) is 0 Å². The van der Waals surface area contributed by atoms with Crippen LogP contribution in [0, 0.1) is 23.7 Å². The predicted molar refractivity (Wildman–Crippen MR) is 74.2 cm³/mol. The molecule has 108 valence electrons. The number of hydrogen-bond acceptors (Lipinski definition) is 2. The third-order valence-corrected chi connectivity index (χ3v) is 5.94. The van der Waals surface area contributed by atoms with Gasteiger partial charge in [0, 0.05) is 0 Å². The van der Waals surface area contributed by atoms with Gasteiger partial charge >= 0.3 is 0 Å². The number of carbonyl (C=O) groups excluding carboxylic acids is 2. The molecule has 0 aromatic carbocycles. The van der Waals surface area contributed by atoms with Crippen LogP contribution in [-0.2, 0) is 9.59 Å². The number of nitrogens with zero attached hydrogens (tertiary/aromatic N) is 2. The van der Waals surface area contributed by atoms with Gasteiger partial charge in [-0.1, -0.05) is 12.2 Å². The average molecular weight is 275 g/mol. The van der Waals surface area contributed by atoms with Crippen molar-refractivity contribution in [3.8, 4) is 0 Å². The first-order chi connectivity index (χ1) is 9.59. The summed E-state index contributed by atoms with van der Waals surface area (Å²) in [5, 5.41) is 0. The fourth-order valence-corrected chi connectivity index (χ4v) is 4.86. The summed E-state index contributed by atoms with van der Waals surface area (Å²) in [6.07, 6.45) is 9.07. The van der Waals surface area contributed by atoms with Crippen LogP contribution in [0.5, 0.6) is 0 Å². The van der Waals surface area contributed by atoms with Gasteiger partial charge in [0.2, 0.25) is 11.8 Å². The van der Waals surface area contributed by atoms with Crippen molar-refractivity contribution in [2.75, 3.05) is 26.8 Å². The van der Waals surface area contributed by atoms with E-state index < -0.39 is 0 Å². The Kier molecular flexibility index (Phi) is 2.62. The second kappa shape index (κ2) is 4.17. The van der Waals surface area contributed by atoms with Gasteiger partial charge in [0.05, 0.1) is 32.0 Å². The Balaban J connectivity index is 1.55. The summed E-state index contributed by atoms with van der Waals surface area (Å²) in [5.41, 5.74) is 0. The zero-order valence-electron chi connectivity index (χ0n) is 12.1. The number of imide groups is 1. The van der Waals surface area contributed by atoms with E-state index in [4.69, 9.17) is 0 Å². The number of rotatable bonds is 2. The van der Waals surface area contributed by atoms with E-state index in [9.17, 15) is 9.59 Å². The number of hydrogen-bond donors (Lipinski definition) is 0. The lowest BCUT2D eigenvalue weighted by Gasteiger charge is -2.39. The maximum Gasteiger partial charge on any atom is 0.238 e. The molecule has 2 aliphatic heterocycles. The minimum Gasteiger partial charge on any atom is -0.309 e. The van der Waals surface area contributed by atoms with Crippen LogP contribution in [0.2, 0.25) is 0 Å². The molecule has 4 aliphatic rings. The van der Waals surface area contributed by atoms with Crippen LogP contribution >= 0.6 is 0 Å². The molecule has 3 fully saturated rings. The predicted octanol–water partition coefficient (Wildman–Crippen LogP) is 1.38. The van der Waals surface area contributed by atoms with Gasteiger partial charge < -0.3 is 4.48 Å². The summed E-state index contributed by atoms with van der Waals surface area (Å²) in [6.45, 7) is 2.79. The highest BCUT2D eigenvalue weighted by Gasteiger charge is 2.60. The first-order valence-corrected chi connectivity index (χ1v) is 7.96. The topological polar surface area (TPSA) is 37.4 Å². The zero-order chi connectivity index (χ0) is 13.9. The normalized spacial score (nSPS) is 41.5. The van der Waals surface area contributed by atoms with Crippen LogP contribution in [-0.4, -0.2) is 48.0 Å². The van der Waals surface area contributed by atoms with E-state index >= 15 is 0 Å². The number of allylic oxidation sites excluding steroid dienone is 2. The van der Waals surface area contributed by atoms with E-state index in [1.54, 1.807) is 4.90 Å². The highest BCUT2D eigenvalue weighted by atomic mass is 16.2. The molecule has 0 spiro atoms. The van der Waals surface area contributed by atoms with Crippen LogP contribution in [0.1, 0.15) is 25.7 Å². The molecule has 0 aromatic rings. The maximum atomic E-state index is 12.7. The highest BCUT2D eigenvalue weighted by molar-refractivity contribution is 6.06. The molecule has 4 nitrogen and oxygen atoms in total. The van der Waals surface area contributed by atoms with E-state index in [1.807, 2.05) is 0 Å². The molecule has 2 aliphatic carbocycles. The second-order valence-corrected chi connectivity index (χ2v) is 7.37. The average Bonchev–Trinajstić information content (AvgIpc) is 3.09. The van der Waals surface area contributed by atoms with E-state index in [2.05, 4.69) is 19.2 Å². The van der Waals surface area contributed by atoms with Gasteiger partial charge in [0.15, 0.2) is 6.67 Å². The van der Waals surface area contributed by atoms with Crippen molar-refractivity contribution in [3.63, 3.8) is 0 Å². The zero-order valence-corrected chi connectivity index (χ0v) is 12.1. The Morgan fingerprint density at radius 2 is 1.60 bits per heavy atom. The lowest BCUT2D eigenvalue weighted by Crippen LogP contribution is -2.55. The molecule has 0 unspecified atom stereocenters. The molecule has 0 radical (unpaired) electrons. The molecule has 20 heavy (non-hydrogen) atoms. The summed E-state index contributed by atoms with van der Waals surface area (Å²) in [6, 6.07) is 0. The molecule has 0 aromatic heterocycles. The second-order valence-electron chi connectivity index (χ2n) is 7.37. The number of quaternary nitrogens is 1. The summed E-state index contributed by atoms with van der Waals surface area (Å²) >= 11 is 0. The van der Waals surface area contributed by atoms with E-state index in [0.717, 1.165) is 24.0 Å². The number of likely N-dealkylation sites (tertiary alicyclic amines) is 2. The fraction of sp³-hybridized carbons (Fsp3) is 0.750. The van der Waals surface area contributed by atoms with E-state index in [1.165, 1.54) is 19.3 Å². The summed E-state index contributed by atoms with van der Waals surface area (Å²) in [5.74, 6) is 0.822. The highest BCUT2D eigenvalue weighted by Crippen LogP contribution is 2.52.